The second kappa shape index (κ2) is 34.5. The third-order valence-corrected chi connectivity index (χ3v) is 18.7. The molecular weight excluding hydrogens is 2200 g/mol. The first-order valence-electron chi connectivity index (χ1n) is 28.3. The van der Waals surface area contributed by atoms with Crippen molar-refractivity contribution >= 4 is 8.53 Å². The number of hydrogen-bond acceptors (Lipinski definition) is 20. The first kappa shape index (κ1) is 79.6. The van der Waals surface area contributed by atoms with Crippen LogP contribution in [0.25, 0.3) is 4.85 Å². The van der Waals surface area contributed by atoms with Gasteiger partial charge >= 0.3 is 0 Å². The molecule has 0 radical (unpaired) electrons. The van der Waals surface area contributed by atoms with E-state index in [2.05, 4.69) is 68.2 Å². The molecule has 10 saturated heterocycles. The average Bonchev–Trinajstić information content (AvgIpc) is 4.28. The van der Waals surface area contributed by atoms with E-state index in [-0.39, 0.29) is 241 Å². The van der Waals surface area contributed by atoms with Crippen LogP contribution in [0.2, 0.25) is 0 Å². The van der Waals surface area contributed by atoms with Crippen molar-refractivity contribution in [2.75, 3.05) is 41.1 Å². The first-order valence-corrected chi connectivity index (χ1v) is 27.2. The van der Waals surface area contributed by atoms with E-state index in [4.69, 9.17) is 78.4 Å². The third-order valence-electron chi connectivity index (χ3n) is 16.6. The number of methoxy groups -OCH3 is 1. The topological polar surface area (TPSA) is 249 Å². The smallest absolute Gasteiger partial charge is 0.259 e. The number of rotatable bonds is 12. The fourth-order valence-corrected chi connectivity index (χ4v) is 13.5. The average molecular weight is 2300 g/mol. The van der Waals surface area contributed by atoms with Gasteiger partial charge in [0, 0.05) is 192 Å². The minimum atomic E-state index is -1.39. The quantitative estimate of drug-likeness (QED) is 0.0824. The molecule has 16 atom stereocenters. The Morgan fingerprint density at radius 3 is 1.25 bits per heavy atom. The van der Waals surface area contributed by atoms with Gasteiger partial charge in [-0.2, -0.15) is 33.0 Å². The van der Waals surface area contributed by atoms with E-state index in [1.165, 1.54) is 27.4 Å². The Labute approximate surface area is 611 Å². The van der Waals surface area contributed by atoms with E-state index < -0.39 is 72.1 Å². The molecule has 0 aromatic heterocycles. The first-order chi connectivity index (χ1) is 37.2. The number of aliphatic hydroxyl groups is 6. The van der Waals surface area contributed by atoms with Crippen LogP contribution in [0.5, 0.6) is 0 Å². The summed E-state index contributed by atoms with van der Waals surface area (Å²) in [5.74, 6) is 0. The molecule has 10 heterocycles. The van der Waals surface area contributed by atoms with Gasteiger partial charge in [-0.3, -0.25) is 0 Å². The van der Waals surface area contributed by atoms with E-state index in [1.807, 2.05) is 48.5 Å². The van der Waals surface area contributed by atoms with Gasteiger partial charge < -0.3 is 96.6 Å². The summed E-state index contributed by atoms with van der Waals surface area (Å²) >= 11 is 0. The summed E-state index contributed by atoms with van der Waals surface area (Å²) in [5.41, 5.74) is -5.85. The Morgan fingerprint density at radius 1 is 0.593 bits per heavy atom. The minimum Gasteiger partial charge on any atom is -0.541 e. The summed E-state index contributed by atoms with van der Waals surface area (Å²) in [6.45, 7) is 47.2. The monoisotopic (exact) mass is 2300 g/mol. The van der Waals surface area contributed by atoms with Gasteiger partial charge in [0.25, 0.3) is 8.53 Å². The SMILES string of the molecule is CC1(C)O[C@H]2[CH-]O[C@]1(CO)[C@H]2O.CC[C@]12O[CH-][C@H](OC1(C)C)[C@@H]2O.CC[C@]12O[CH-][C@H](OC1(C)C)[C@@H]2OC.[2H]C[C@]12O[CH-][C@H](OC1(C)C)[C@@H]2O.[2H]C[C@]12O[CH-][C@H](OC1(C)C)[C@@H]2OP(OCC[N+]#[C-])N(C(C)C)C(C)C.[3H]OC.[3H]OC.[U].[U].[U].[U].[U]. The van der Waals surface area contributed by atoms with Gasteiger partial charge in [-0.1, -0.05) is 13.8 Å². The predicted molar refractivity (Wildman–Crippen MR) is 281 cm³/mol. The molecule has 466 valence electrons. The van der Waals surface area contributed by atoms with Crippen LogP contribution in [-0.2, 0) is 61.2 Å². The van der Waals surface area contributed by atoms with Gasteiger partial charge in [-0.05, 0) is 154 Å². The van der Waals surface area contributed by atoms with Crippen molar-refractivity contribution < 1.29 is 250 Å². The molecule has 10 aliphatic rings. The maximum absolute atomic E-state index is 9.83. The molecule has 0 aliphatic carbocycles. The molecule has 0 amide bonds. The van der Waals surface area contributed by atoms with Crippen molar-refractivity contribution in [3.05, 3.63) is 44.5 Å². The van der Waals surface area contributed by atoms with Gasteiger partial charge in [0.15, 0.2) is 0 Å². The van der Waals surface area contributed by atoms with Crippen LogP contribution < -0.4 is 0 Å². The van der Waals surface area contributed by atoms with E-state index in [0.717, 1.165) is 12.8 Å². The van der Waals surface area contributed by atoms with Crippen LogP contribution in [0, 0.1) is 195 Å². The fourth-order valence-electron chi connectivity index (χ4n) is 11.7. The maximum atomic E-state index is 9.83. The number of nitrogens with zero attached hydrogens (tertiary/aromatic N) is 2. The van der Waals surface area contributed by atoms with Gasteiger partial charge in [0.05, 0.1) is 87.5 Å². The van der Waals surface area contributed by atoms with Gasteiger partial charge in [0.2, 0.25) is 9.41 Å². The minimum absolute atomic E-state index is 0. The van der Waals surface area contributed by atoms with Crippen LogP contribution in [0.15, 0.2) is 0 Å². The number of ether oxygens (including phenoxy) is 11. The largest absolute Gasteiger partial charge is 0.541 e. The Morgan fingerprint density at radius 2 is 0.951 bits per heavy atom. The molecule has 10 aliphatic heterocycles. The van der Waals surface area contributed by atoms with E-state index in [0.29, 0.717) is 13.2 Å². The molecule has 27 heteroatoms. The maximum Gasteiger partial charge on any atom is 0.259 e. The normalized spacial score (nSPS) is 40.1. The Bertz CT molecular complexity index is 1890. The van der Waals surface area contributed by atoms with Crippen molar-refractivity contribution in [2.45, 2.75) is 267 Å². The summed E-state index contributed by atoms with van der Waals surface area (Å²) < 4.78 is 103. The second-order valence-electron chi connectivity index (χ2n) is 23.1. The van der Waals surface area contributed by atoms with E-state index in [9.17, 15) is 15.3 Å². The van der Waals surface area contributed by atoms with Crippen molar-refractivity contribution in [3.63, 3.8) is 0 Å². The number of aliphatic hydroxyl groups excluding tert-OH is 6. The summed E-state index contributed by atoms with van der Waals surface area (Å²) in [4.78, 5) is 3.36. The predicted octanol–water partition coefficient (Wildman–Crippen LogP) is 5.31. The zero-order chi connectivity index (χ0) is 60.9. The van der Waals surface area contributed by atoms with Crippen molar-refractivity contribution in [1.29, 1.82) is 2.86 Å². The molecule has 21 nitrogen and oxygen atoms in total. The molecule has 81 heavy (non-hydrogen) atoms. The zero-order valence-corrected chi connectivity index (χ0v) is 72.7. The summed E-state index contributed by atoms with van der Waals surface area (Å²) in [7, 11) is 2.91. The van der Waals surface area contributed by atoms with E-state index in [1.54, 1.807) is 40.8 Å². The van der Waals surface area contributed by atoms with Gasteiger partial charge in [0.1, 0.15) is 12.2 Å². The molecular formula is C54H96N2O19PU5-5. The third kappa shape index (κ3) is 16.5. The van der Waals surface area contributed by atoms with Crippen molar-refractivity contribution in [1.82, 2.24) is 4.67 Å². The van der Waals surface area contributed by atoms with Crippen LogP contribution >= 0.6 is 8.53 Å². The molecule has 0 saturated carbocycles. The second-order valence-corrected chi connectivity index (χ2v) is 24.5. The summed E-state index contributed by atoms with van der Waals surface area (Å²) in [5, 5.41) is 45.4. The Kier molecular flexibility index (Phi) is 33.9. The van der Waals surface area contributed by atoms with Crippen molar-refractivity contribution in [3.8, 4) is 0 Å². The van der Waals surface area contributed by atoms with Crippen LogP contribution in [0.3, 0.4) is 0 Å². The standard InChI is InChI=1S/C17H30N2O4P.C10H17O3.C9H15O3.C8H13O4.C8H13O3.2CH4O.5U/c1-12(2)19(13(3)4)24(21-10-9-18-8)23-15-14-11-20-17(15,7)16(5,6)22-14;1-5-10-8(11-4)7(6-12-10)13-9(10,2)3;1-4-9-7(10)6(5-11-9)12-8(9,2)3;1-7(2)8(4-9)6(10)5(12-7)3-11-8;1-7(2)8(3)6(9)5(11-7)4-10-8;2*1-2;;;;;/h11-15H,9-10H2,1-7H3;6-8H,5H2,1-4H3;5-7,10H,4H2,1-3H3;3,5-6,9-10H,4H2,1-2H3;4-6,9H,1-3H3;2*2H,1H3;;;;;/q5*-1;;;;;;;/t14-,15-,17+,24?;7-,8-,10+;6-,7-,9+;2*5-,6-,8+;;;;;;;/m00000......./s1/i7D;;;;3D;2*2T;;;;;. The number of fused-ring (bicyclic) bond motifs is 10. The molecule has 0 aromatic rings. The van der Waals surface area contributed by atoms with E-state index >= 15 is 0 Å². The Hall–Kier alpha value is 4.38. The fraction of sp³-hybridized carbons (Fsp3) is 0.889. The van der Waals surface area contributed by atoms with Crippen LogP contribution in [-0.4, -0.2) is 208 Å². The van der Waals surface area contributed by atoms with Crippen molar-refractivity contribution in [2.24, 2.45) is 0 Å². The van der Waals surface area contributed by atoms with Crippen LogP contribution in [0.4, 0.5) is 0 Å². The molecule has 0 aromatic carbocycles. The van der Waals surface area contributed by atoms with Gasteiger partial charge in [-0.15, -0.1) is 0 Å². The molecule has 10 bridgehead atoms. The van der Waals surface area contributed by atoms with Gasteiger partial charge in [-0.25, -0.2) is 11.2 Å². The Balaban J connectivity index is 0. The number of hydrogen-bond donors (Lipinski definition) is 6. The molecule has 1 unspecified atom stereocenters. The molecule has 10 rings (SSSR count). The summed E-state index contributed by atoms with van der Waals surface area (Å²) in [6, 6.07) is 0.452. The molecule has 10 fully saturated rings. The molecule has 0 spiro atoms. The van der Waals surface area contributed by atoms with Crippen LogP contribution in [0.1, 0.15) is 140 Å². The summed E-state index contributed by atoms with van der Waals surface area (Å²) in [6.07, 6.45) is -1.90. The molecule has 6 N–H and O–H groups in total. The zero-order valence-electron chi connectivity index (χ0n) is 55.0.